The van der Waals surface area contributed by atoms with Crippen molar-refractivity contribution in [1.29, 1.82) is 0 Å². The van der Waals surface area contributed by atoms with Crippen molar-refractivity contribution in [1.82, 2.24) is 10.2 Å². The lowest BCUT2D eigenvalue weighted by molar-refractivity contribution is 0.136. The van der Waals surface area contributed by atoms with Gasteiger partial charge in [0.25, 0.3) is 0 Å². The third-order valence-corrected chi connectivity index (χ3v) is 4.57. The molecule has 2 unspecified atom stereocenters. The molecular formula is C18H30N2O. The number of rotatable bonds is 7. The van der Waals surface area contributed by atoms with Crippen LogP contribution in [0, 0.1) is 0 Å². The molecular weight excluding hydrogens is 260 g/mol. The van der Waals surface area contributed by atoms with E-state index in [9.17, 15) is 0 Å². The van der Waals surface area contributed by atoms with Gasteiger partial charge < -0.3 is 10.1 Å². The maximum absolute atomic E-state index is 5.42. The van der Waals surface area contributed by atoms with Crippen molar-refractivity contribution in [2.75, 3.05) is 20.2 Å². The quantitative estimate of drug-likeness (QED) is 0.833. The van der Waals surface area contributed by atoms with Gasteiger partial charge in [-0.2, -0.15) is 0 Å². The van der Waals surface area contributed by atoms with E-state index >= 15 is 0 Å². The zero-order valence-electron chi connectivity index (χ0n) is 14.1. The number of hydrogen-bond acceptors (Lipinski definition) is 3. The van der Waals surface area contributed by atoms with E-state index in [0.717, 1.165) is 31.7 Å². The second-order valence-corrected chi connectivity index (χ2v) is 6.19. The van der Waals surface area contributed by atoms with E-state index in [-0.39, 0.29) is 0 Å². The van der Waals surface area contributed by atoms with Crippen LogP contribution in [0.15, 0.2) is 18.2 Å². The van der Waals surface area contributed by atoms with Gasteiger partial charge in [-0.3, -0.25) is 4.90 Å². The molecule has 1 aliphatic carbocycles. The summed E-state index contributed by atoms with van der Waals surface area (Å²) < 4.78 is 5.42. The highest BCUT2D eigenvalue weighted by Gasteiger charge is 2.36. The molecule has 0 amide bonds. The van der Waals surface area contributed by atoms with Gasteiger partial charge in [-0.1, -0.05) is 19.9 Å². The lowest BCUT2D eigenvalue weighted by Crippen LogP contribution is -2.46. The molecule has 0 bridgehead atoms. The first-order valence-corrected chi connectivity index (χ1v) is 8.28. The first-order chi connectivity index (χ1) is 10.1. The van der Waals surface area contributed by atoms with Crippen LogP contribution in [0.3, 0.4) is 0 Å². The van der Waals surface area contributed by atoms with E-state index in [1.807, 2.05) is 0 Å². The summed E-state index contributed by atoms with van der Waals surface area (Å²) >= 11 is 0. The van der Waals surface area contributed by atoms with Crippen molar-refractivity contribution in [3.05, 3.63) is 29.3 Å². The normalized spacial score (nSPS) is 21.1. The van der Waals surface area contributed by atoms with E-state index in [2.05, 4.69) is 56.1 Å². The standard InChI is InChI=1S/C18H30N2O/c1-6-10-19-18-16-12-15(21-5)9-8-14(16)11-17(18)20(7-2)13(3)4/h8-9,12-13,17-19H,6-7,10-11H2,1-5H3. The highest BCUT2D eigenvalue weighted by molar-refractivity contribution is 5.43. The smallest absolute Gasteiger partial charge is 0.119 e. The molecule has 21 heavy (non-hydrogen) atoms. The van der Waals surface area contributed by atoms with Crippen LogP contribution in [-0.4, -0.2) is 37.2 Å². The van der Waals surface area contributed by atoms with E-state index in [1.54, 1.807) is 7.11 Å². The van der Waals surface area contributed by atoms with Crippen LogP contribution in [0.25, 0.3) is 0 Å². The Hall–Kier alpha value is -1.06. The van der Waals surface area contributed by atoms with Gasteiger partial charge in [-0.15, -0.1) is 0 Å². The molecule has 0 radical (unpaired) electrons. The number of fused-ring (bicyclic) bond motifs is 1. The lowest BCUT2D eigenvalue weighted by atomic mass is 10.0. The van der Waals surface area contributed by atoms with Gasteiger partial charge in [-0.05, 0) is 63.0 Å². The molecule has 2 rings (SSSR count). The molecule has 0 saturated heterocycles. The number of nitrogens with one attached hydrogen (secondary N) is 1. The van der Waals surface area contributed by atoms with Crippen molar-refractivity contribution in [3.63, 3.8) is 0 Å². The van der Waals surface area contributed by atoms with Crippen LogP contribution in [0.2, 0.25) is 0 Å². The summed E-state index contributed by atoms with van der Waals surface area (Å²) in [7, 11) is 1.75. The van der Waals surface area contributed by atoms with E-state index in [0.29, 0.717) is 18.1 Å². The average Bonchev–Trinajstić information content (AvgIpc) is 2.82. The minimum Gasteiger partial charge on any atom is -0.497 e. The molecule has 1 aromatic carbocycles. The Bertz CT molecular complexity index is 459. The molecule has 118 valence electrons. The second-order valence-electron chi connectivity index (χ2n) is 6.19. The SMILES string of the molecule is CCCNC1c2cc(OC)ccc2CC1N(CC)C(C)C. The average molecular weight is 290 g/mol. The molecule has 2 atom stereocenters. The van der Waals surface area contributed by atoms with Gasteiger partial charge in [0.1, 0.15) is 5.75 Å². The summed E-state index contributed by atoms with van der Waals surface area (Å²) in [6.07, 6.45) is 2.29. The van der Waals surface area contributed by atoms with Crippen LogP contribution in [0.5, 0.6) is 5.75 Å². The number of methoxy groups -OCH3 is 1. The first-order valence-electron chi connectivity index (χ1n) is 8.28. The Morgan fingerprint density at radius 2 is 2.10 bits per heavy atom. The minimum atomic E-state index is 0.414. The zero-order chi connectivity index (χ0) is 15.4. The predicted octanol–water partition coefficient (Wildman–Crippen LogP) is 3.39. The Balaban J connectivity index is 2.31. The molecule has 0 aliphatic heterocycles. The molecule has 3 heteroatoms. The van der Waals surface area contributed by atoms with Gasteiger partial charge >= 0.3 is 0 Å². The van der Waals surface area contributed by atoms with Crippen LogP contribution in [0.1, 0.15) is 51.3 Å². The van der Waals surface area contributed by atoms with E-state index in [1.165, 1.54) is 11.1 Å². The van der Waals surface area contributed by atoms with Gasteiger partial charge in [0.15, 0.2) is 0 Å². The van der Waals surface area contributed by atoms with E-state index < -0.39 is 0 Å². The lowest BCUT2D eigenvalue weighted by Gasteiger charge is -2.36. The van der Waals surface area contributed by atoms with E-state index in [4.69, 9.17) is 4.74 Å². The topological polar surface area (TPSA) is 24.5 Å². The van der Waals surface area contributed by atoms with Gasteiger partial charge in [0.05, 0.1) is 7.11 Å². The van der Waals surface area contributed by atoms with Crippen molar-refractivity contribution < 1.29 is 4.74 Å². The summed E-state index contributed by atoms with van der Waals surface area (Å²) in [6, 6.07) is 8.08. The van der Waals surface area contributed by atoms with Gasteiger partial charge in [0.2, 0.25) is 0 Å². The molecule has 0 aromatic heterocycles. The summed E-state index contributed by atoms with van der Waals surface area (Å²) in [5.41, 5.74) is 2.89. The monoisotopic (exact) mass is 290 g/mol. The van der Waals surface area contributed by atoms with Crippen LogP contribution >= 0.6 is 0 Å². The fourth-order valence-corrected chi connectivity index (χ4v) is 3.56. The molecule has 0 fully saturated rings. The van der Waals surface area contributed by atoms with Crippen molar-refractivity contribution in [2.45, 2.75) is 58.7 Å². The Kier molecular flexibility index (Phi) is 5.65. The second kappa shape index (κ2) is 7.28. The first kappa shape index (κ1) is 16.3. The van der Waals surface area contributed by atoms with Crippen molar-refractivity contribution in [3.8, 4) is 5.75 Å². The highest BCUT2D eigenvalue weighted by atomic mass is 16.5. The molecule has 1 aliphatic rings. The van der Waals surface area contributed by atoms with Crippen LogP contribution in [0.4, 0.5) is 0 Å². The summed E-state index contributed by atoms with van der Waals surface area (Å²) in [5, 5.41) is 3.76. The highest BCUT2D eigenvalue weighted by Crippen LogP contribution is 2.37. The summed E-state index contributed by atoms with van der Waals surface area (Å²) in [5.74, 6) is 0.963. The fraction of sp³-hybridized carbons (Fsp3) is 0.667. The number of hydrogen-bond donors (Lipinski definition) is 1. The van der Waals surface area contributed by atoms with Gasteiger partial charge in [-0.25, -0.2) is 0 Å². The maximum Gasteiger partial charge on any atom is 0.119 e. The summed E-state index contributed by atoms with van der Waals surface area (Å²) in [6.45, 7) is 11.2. The molecule has 3 nitrogen and oxygen atoms in total. The van der Waals surface area contributed by atoms with Crippen LogP contribution in [-0.2, 0) is 6.42 Å². The largest absolute Gasteiger partial charge is 0.497 e. The number of likely N-dealkylation sites (N-methyl/N-ethyl adjacent to an activating group) is 1. The number of benzene rings is 1. The predicted molar refractivity (Wildman–Crippen MR) is 89.0 cm³/mol. The molecule has 1 aromatic rings. The van der Waals surface area contributed by atoms with Crippen molar-refractivity contribution >= 4 is 0 Å². The number of ether oxygens (including phenoxy) is 1. The molecule has 1 N–H and O–H groups in total. The van der Waals surface area contributed by atoms with Crippen LogP contribution < -0.4 is 10.1 Å². The molecule has 0 heterocycles. The minimum absolute atomic E-state index is 0.414. The summed E-state index contributed by atoms with van der Waals surface area (Å²) in [4.78, 5) is 2.61. The van der Waals surface area contributed by atoms with Gasteiger partial charge in [0, 0.05) is 18.1 Å². The third kappa shape index (κ3) is 3.41. The van der Waals surface area contributed by atoms with Crippen molar-refractivity contribution in [2.24, 2.45) is 0 Å². The zero-order valence-corrected chi connectivity index (χ0v) is 14.1. The Labute approximate surface area is 129 Å². The third-order valence-electron chi connectivity index (χ3n) is 4.57. The Morgan fingerprint density at radius 1 is 1.33 bits per heavy atom. The number of nitrogens with zero attached hydrogens (tertiary/aromatic N) is 1. The molecule has 0 saturated carbocycles. The fourth-order valence-electron chi connectivity index (χ4n) is 3.56. The Morgan fingerprint density at radius 3 is 2.67 bits per heavy atom. The maximum atomic E-state index is 5.42. The molecule has 0 spiro atoms.